The van der Waals surface area contributed by atoms with Crippen molar-refractivity contribution in [3.8, 4) is 0 Å². The number of carbonyl (C=O) groups is 1. The molecule has 112 valence electrons. The van der Waals surface area contributed by atoms with Crippen molar-refractivity contribution in [3.05, 3.63) is 35.4 Å². The Morgan fingerprint density at radius 3 is 2.65 bits per heavy atom. The molecule has 0 heterocycles. The van der Waals surface area contributed by atoms with E-state index < -0.39 is 17.0 Å². The van der Waals surface area contributed by atoms with Crippen LogP contribution in [0.4, 0.5) is 8.78 Å². The van der Waals surface area contributed by atoms with E-state index in [0.717, 1.165) is 6.07 Å². The van der Waals surface area contributed by atoms with Gasteiger partial charge >= 0.3 is 0 Å². The molecule has 1 N–H and O–H groups in total. The molecule has 1 aromatic carbocycles. The summed E-state index contributed by atoms with van der Waals surface area (Å²) in [6.07, 6.45) is 0.322. The van der Waals surface area contributed by atoms with Crippen molar-refractivity contribution in [1.82, 2.24) is 5.32 Å². The molecule has 0 aliphatic rings. The van der Waals surface area contributed by atoms with E-state index in [1.807, 2.05) is 6.92 Å². The third-order valence-electron chi connectivity index (χ3n) is 2.98. The number of hydrogen-bond acceptors (Lipinski definition) is 2. The molecule has 0 fully saturated rings. The van der Waals surface area contributed by atoms with Crippen LogP contribution in [0.25, 0.3) is 0 Å². The van der Waals surface area contributed by atoms with E-state index >= 15 is 0 Å². The molecule has 0 bridgehead atoms. The minimum Gasteiger partial charge on any atom is -0.381 e. The molecule has 0 radical (unpaired) electrons. The normalized spacial score (nSPS) is 11.4. The predicted molar refractivity (Wildman–Crippen MR) is 73.3 cm³/mol. The van der Waals surface area contributed by atoms with Crippen LogP contribution in [0.15, 0.2) is 18.2 Å². The zero-order chi connectivity index (χ0) is 15.2. The summed E-state index contributed by atoms with van der Waals surface area (Å²) in [4.78, 5) is 12.0. The van der Waals surface area contributed by atoms with Gasteiger partial charge in [-0.05, 0) is 38.8 Å². The van der Waals surface area contributed by atoms with Crippen LogP contribution in [0.2, 0.25) is 0 Å². The fourth-order valence-electron chi connectivity index (χ4n) is 1.70. The monoisotopic (exact) mass is 285 g/mol. The molecular weight excluding hydrogens is 264 g/mol. The van der Waals surface area contributed by atoms with Gasteiger partial charge in [-0.1, -0.05) is 6.07 Å². The molecule has 20 heavy (non-hydrogen) atoms. The molecule has 0 aliphatic carbocycles. The Kier molecular flexibility index (Phi) is 6.07. The van der Waals surface area contributed by atoms with E-state index in [4.69, 9.17) is 4.74 Å². The topological polar surface area (TPSA) is 38.3 Å². The van der Waals surface area contributed by atoms with Gasteiger partial charge in [-0.3, -0.25) is 4.79 Å². The van der Waals surface area contributed by atoms with Gasteiger partial charge in [0.2, 0.25) is 5.91 Å². The van der Waals surface area contributed by atoms with E-state index in [9.17, 15) is 13.6 Å². The highest BCUT2D eigenvalue weighted by atomic mass is 19.1. The minimum atomic E-state index is -0.628. The van der Waals surface area contributed by atoms with E-state index in [1.54, 1.807) is 13.8 Å². The number of benzene rings is 1. The summed E-state index contributed by atoms with van der Waals surface area (Å²) in [5.41, 5.74) is -0.244. The van der Waals surface area contributed by atoms with Gasteiger partial charge in [0.1, 0.15) is 11.6 Å². The molecule has 1 rings (SSSR count). The Morgan fingerprint density at radius 1 is 1.35 bits per heavy atom. The van der Waals surface area contributed by atoms with Gasteiger partial charge < -0.3 is 10.1 Å². The Bertz CT molecular complexity index is 461. The number of hydrogen-bond donors (Lipinski definition) is 1. The van der Waals surface area contributed by atoms with Crippen molar-refractivity contribution in [2.24, 2.45) is 5.41 Å². The first kappa shape index (κ1) is 16.6. The standard InChI is InChI=1S/C15H21F2NO2/c1-4-20-10-15(2,3)14(19)18-8-7-11-5-6-12(16)9-13(11)17/h5-6,9H,4,7-8,10H2,1-3H3,(H,18,19). The molecule has 0 saturated carbocycles. The highest BCUT2D eigenvalue weighted by Crippen LogP contribution is 2.16. The Hall–Kier alpha value is -1.49. The number of carbonyl (C=O) groups excluding carboxylic acids is 1. The third-order valence-corrected chi connectivity index (χ3v) is 2.98. The quantitative estimate of drug-likeness (QED) is 0.836. The maximum Gasteiger partial charge on any atom is 0.227 e. The summed E-state index contributed by atoms with van der Waals surface area (Å²) in [5.74, 6) is -1.34. The summed E-state index contributed by atoms with van der Waals surface area (Å²) in [6.45, 7) is 6.63. The molecule has 0 unspecified atom stereocenters. The zero-order valence-corrected chi connectivity index (χ0v) is 12.1. The van der Waals surface area contributed by atoms with Crippen molar-refractivity contribution in [2.45, 2.75) is 27.2 Å². The SMILES string of the molecule is CCOCC(C)(C)C(=O)NCCc1ccc(F)cc1F. The largest absolute Gasteiger partial charge is 0.381 e. The van der Waals surface area contributed by atoms with Gasteiger partial charge in [0.15, 0.2) is 0 Å². The van der Waals surface area contributed by atoms with Crippen LogP contribution in [0.3, 0.4) is 0 Å². The fraction of sp³-hybridized carbons (Fsp3) is 0.533. The molecule has 0 spiro atoms. The van der Waals surface area contributed by atoms with E-state index in [-0.39, 0.29) is 5.91 Å². The van der Waals surface area contributed by atoms with E-state index in [0.29, 0.717) is 31.7 Å². The third kappa shape index (κ3) is 4.89. The summed E-state index contributed by atoms with van der Waals surface area (Å²) < 4.78 is 31.4. The minimum absolute atomic E-state index is 0.145. The van der Waals surface area contributed by atoms with Gasteiger partial charge in [-0.25, -0.2) is 8.78 Å². The second kappa shape index (κ2) is 7.33. The first-order chi connectivity index (χ1) is 9.36. The van der Waals surface area contributed by atoms with Crippen LogP contribution in [0.1, 0.15) is 26.3 Å². The average molecular weight is 285 g/mol. The lowest BCUT2D eigenvalue weighted by atomic mass is 9.93. The molecule has 3 nitrogen and oxygen atoms in total. The number of nitrogens with one attached hydrogen (secondary N) is 1. The van der Waals surface area contributed by atoms with Crippen LogP contribution < -0.4 is 5.32 Å². The number of rotatable bonds is 7. The van der Waals surface area contributed by atoms with Gasteiger partial charge in [0.05, 0.1) is 12.0 Å². The first-order valence-corrected chi connectivity index (χ1v) is 6.67. The molecule has 0 aromatic heterocycles. The van der Waals surface area contributed by atoms with Crippen molar-refractivity contribution >= 4 is 5.91 Å². The van der Waals surface area contributed by atoms with Crippen molar-refractivity contribution < 1.29 is 18.3 Å². The van der Waals surface area contributed by atoms with Crippen LogP contribution >= 0.6 is 0 Å². The van der Waals surface area contributed by atoms with Gasteiger partial charge in [-0.15, -0.1) is 0 Å². The first-order valence-electron chi connectivity index (χ1n) is 6.67. The lowest BCUT2D eigenvalue weighted by molar-refractivity contribution is -0.132. The smallest absolute Gasteiger partial charge is 0.227 e. The number of amides is 1. The van der Waals surface area contributed by atoms with Gasteiger partial charge in [-0.2, -0.15) is 0 Å². The molecular formula is C15H21F2NO2. The van der Waals surface area contributed by atoms with Crippen molar-refractivity contribution in [3.63, 3.8) is 0 Å². The highest BCUT2D eigenvalue weighted by molar-refractivity contribution is 5.81. The van der Waals surface area contributed by atoms with Crippen LogP contribution in [-0.4, -0.2) is 25.7 Å². The van der Waals surface area contributed by atoms with E-state index in [1.165, 1.54) is 12.1 Å². The zero-order valence-electron chi connectivity index (χ0n) is 12.1. The number of halogens is 2. The maximum atomic E-state index is 13.4. The molecule has 5 heteroatoms. The van der Waals surface area contributed by atoms with Crippen LogP contribution in [0.5, 0.6) is 0 Å². The Morgan fingerprint density at radius 2 is 2.05 bits per heavy atom. The number of ether oxygens (including phenoxy) is 1. The second-order valence-electron chi connectivity index (χ2n) is 5.26. The summed E-state index contributed by atoms with van der Waals surface area (Å²) in [6, 6.07) is 3.44. The average Bonchev–Trinajstić information content (AvgIpc) is 2.38. The highest BCUT2D eigenvalue weighted by Gasteiger charge is 2.27. The van der Waals surface area contributed by atoms with E-state index in [2.05, 4.69) is 5.32 Å². The van der Waals surface area contributed by atoms with Gasteiger partial charge in [0, 0.05) is 19.2 Å². The fourth-order valence-corrected chi connectivity index (χ4v) is 1.70. The lowest BCUT2D eigenvalue weighted by Gasteiger charge is -2.23. The predicted octanol–water partition coefficient (Wildman–Crippen LogP) is 2.69. The molecule has 1 amide bonds. The molecule has 0 aliphatic heterocycles. The van der Waals surface area contributed by atoms with Gasteiger partial charge in [0.25, 0.3) is 0 Å². The Labute approximate surface area is 118 Å². The molecule has 0 atom stereocenters. The maximum absolute atomic E-state index is 13.4. The molecule has 0 saturated heterocycles. The lowest BCUT2D eigenvalue weighted by Crippen LogP contribution is -2.40. The van der Waals surface area contributed by atoms with Crippen molar-refractivity contribution in [1.29, 1.82) is 0 Å². The summed E-state index contributed by atoms with van der Waals surface area (Å²) in [5, 5.41) is 2.74. The molecule has 1 aromatic rings. The van der Waals surface area contributed by atoms with Crippen LogP contribution in [-0.2, 0) is 16.0 Å². The summed E-state index contributed by atoms with van der Waals surface area (Å²) in [7, 11) is 0. The second-order valence-corrected chi connectivity index (χ2v) is 5.26. The van der Waals surface area contributed by atoms with Crippen LogP contribution in [0, 0.1) is 17.0 Å². The summed E-state index contributed by atoms with van der Waals surface area (Å²) >= 11 is 0. The van der Waals surface area contributed by atoms with Crippen molar-refractivity contribution in [2.75, 3.05) is 19.8 Å². The Balaban J connectivity index is 2.45.